The van der Waals surface area contributed by atoms with Crippen molar-refractivity contribution in [3.63, 3.8) is 0 Å². The Labute approximate surface area is 98.3 Å². The molecule has 0 amide bonds. The monoisotopic (exact) mass is 216 g/mol. The van der Waals surface area contributed by atoms with Crippen LogP contribution in [0.2, 0.25) is 0 Å². The summed E-state index contributed by atoms with van der Waals surface area (Å²) in [6.07, 6.45) is 1.92. The summed E-state index contributed by atoms with van der Waals surface area (Å²) in [5.41, 5.74) is 3.55. The van der Waals surface area contributed by atoms with Gasteiger partial charge < -0.3 is 10.2 Å². The third-order valence-electron chi connectivity index (χ3n) is 2.37. The first-order chi connectivity index (χ1) is 7.69. The largest absolute Gasteiger partial charge is 0.387 e. The van der Waals surface area contributed by atoms with Gasteiger partial charge in [-0.2, -0.15) is 0 Å². The van der Waals surface area contributed by atoms with Crippen molar-refractivity contribution in [3.05, 3.63) is 54.1 Å². The summed E-state index contributed by atoms with van der Waals surface area (Å²) >= 11 is 0. The van der Waals surface area contributed by atoms with E-state index < -0.39 is 0 Å². The first-order valence-corrected chi connectivity index (χ1v) is 5.42. The van der Waals surface area contributed by atoms with Gasteiger partial charge >= 0.3 is 0 Å². The molecule has 2 heteroatoms. The van der Waals surface area contributed by atoms with E-state index >= 15 is 0 Å². The summed E-state index contributed by atoms with van der Waals surface area (Å²) in [6.45, 7) is 4.77. The zero-order valence-electron chi connectivity index (χ0n) is 10.3. The fourth-order valence-electron chi connectivity index (χ4n) is 1.68. The van der Waals surface area contributed by atoms with Gasteiger partial charge in [-0.15, -0.1) is 0 Å². The van der Waals surface area contributed by atoms with Crippen LogP contribution in [0.5, 0.6) is 0 Å². The highest BCUT2D eigenvalue weighted by Gasteiger charge is 2.05. The van der Waals surface area contributed by atoms with Gasteiger partial charge in [-0.3, -0.25) is 0 Å². The van der Waals surface area contributed by atoms with E-state index in [-0.39, 0.29) is 0 Å². The number of rotatable bonds is 5. The van der Waals surface area contributed by atoms with Gasteiger partial charge in [0.25, 0.3) is 0 Å². The van der Waals surface area contributed by atoms with Crippen molar-refractivity contribution in [2.24, 2.45) is 0 Å². The van der Waals surface area contributed by atoms with Crippen molar-refractivity contribution in [2.45, 2.75) is 0 Å². The number of likely N-dealkylation sites (N-methyl/N-ethyl adjacent to an activating group) is 1. The third-order valence-corrected chi connectivity index (χ3v) is 2.37. The molecule has 2 nitrogen and oxygen atoms in total. The van der Waals surface area contributed by atoms with Gasteiger partial charge in [-0.05, 0) is 25.2 Å². The maximum atomic E-state index is 3.88. The second-order valence-corrected chi connectivity index (χ2v) is 3.96. The van der Waals surface area contributed by atoms with Crippen molar-refractivity contribution in [3.8, 4) is 0 Å². The highest BCUT2D eigenvalue weighted by Crippen LogP contribution is 2.16. The molecule has 1 aromatic rings. The van der Waals surface area contributed by atoms with Crippen LogP contribution in [0.3, 0.4) is 0 Å². The van der Waals surface area contributed by atoms with Gasteiger partial charge in [0.15, 0.2) is 0 Å². The number of nitrogens with zero attached hydrogens (tertiary/aromatic N) is 1. The summed E-state index contributed by atoms with van der Waals surface area (Å²) in [6, 6.07) is 10.3. The van der Waals surface area contributed by atoms with E-state index in [1.54, 1.807) is 0 Å². The Bertz CT molecular complexity index is 364. The van der Waals surface area contributed by atoms with E-state index in [2.05, 4.69) is 43.0 Å². The molecular formula is C14H20N2. The SMILES string of the molecule is C=C/C(CN(C)C)=C(/NC)c1ccccc1. The van der Waals surface area contributed by atoms with Crippen LogP contribution in [0.1, 0.15) is 5.56 Å². The second kappa shape index (κ2) is 6.13. The molecule has 0 aliphatic carbocycles. The molecule has 0 aliphatic rings. The lowest BCUT2D eigenvalue weighted by atomic mass is 10.1. The Hall–Kier alpha value is -1.54. The van der Waals surface area contributed by atoms with Crippen LogP contribution >= 0.6 is 0 Å². The average Bonchev–Trinajstić information content (AvgIpc) is 2.29. The quantitative estimate of drug-likeness (QED) is 0.760. The van der Waals surface area contributed by atoms with Crippen LogP contribution in [0, 0.1) is 0 Å². The molecule has 0 heterocycles. The molecule has 86 valence electrons. The predicted octanol–water partition coefficient (Wildman–Crippen LogP) is 2.36. The van der Waals surface area contributed by atoms with Gasteiger partial charge in [-0.1, -0.05) is 43.0 Å². The maximum Gasteiger partial charge on any atom is 0.0456 e. The molecular weight excluding hydrogens is 196 g/mol. The molecule has 1 N–H and O–H groups in total. The van der Waals surface area contributed by atoms with Crippen LogP contribution in [-0.4, -0.2) is 32.6 Å². The molecule has 0 fully saturated rings. The Balaban J connectivity index is 3.11. The van der Waals surface area contributed by atoms with Crippen molar-refractivity contribution in [1.29, 1.82) is 0 Å². The lowest BCUT2D eigenvalue weighted by molar-refractivity contribution is 0.449. The number of benzene rings is 1. The Morgan fingerprint density at radius 2 is 1.94 bits per heavy atom. The van der Waals surface area contributed by atoms with E-state index in [4.69, 9.17) is 0 Å². The van der Waals surface area contributed by atoms with Crippen molar-refractivity contribution in [1.82, 2.24) is 10.2 Å². The molecule has 1 aromatic carbocycles. The normalized spacial score (nSPS) is 12.2. The molecule has 0 bridgehead atoms. The minimum atomic E-state index is 0.883. The van der Waals surface area contributed by atoms with E-state index in [1.807, 2.05) is 31.3 Å². The number of nitrogens with one attached hydrogen (secondary N) is 1. The highest BCUT2D eigenvalue weighted by molar-refractivity contribution is 5.69. The second-order valence-electron chi connectivity index (χ2n) is 3.96. The van der Waals surface area contributed by atoms with Crippen LogP contribution in [-0.2, 0) is 0 Å². The van der Waals surface area contributed by atoms with Crippen LogP contribution in [0.4, 0.5) is 0 Å². The van der Waals surface area contributed by atoms with Crippen LogP contribution < -0.4 is 5.32 Å². The molecule has 0 aliphatic heterocycles. The summed E-state index contributed by atoms with van der Waals surface area (Å²) in [4.78, 5) is 2.14. The lowest BCUT2D eigenvalue weighted by Crippen LogP contribution is -2.18. The van der Waals surface area contributed by atoms with Crippen molar-refractivity contribution < 1.29 is 0 Å². The molecule has 0 radical (unpaired) electrons. The van der Waals surface area contributed by atoms with E-state index in [1.165, 1.54) is 11.1 Å². The summed E-state index contributed by atoms with van der Waals surface area (Å²) in [7, 11) is 6.06. The van der Waals surface area contributed by atoms with E-state index in [0.29, 0.717) is 0 Å². The first-order valence-electron chi connectivity index (χ1n) is 5.42. The smallest absolute Gasteiger partial charge is 0.0456 e. The van der Waals surface area contributed by atoms with Crippen molar-refractivity contribution in [2.75, 3.05) is 27.7 Å². The van der Waals surface area contributed by atoms with Gasteiger partial charge in [0.2, 0.25) is 0 Å². The predicted molar refractivity (Wildman–Crippen MR) is 71.2 cm³/mol. The van der Waals surface area contributed by atoms with Crippen LogP contribution in [0.15, 0.2) is 48.6 Å². The maximum absolute atomic E-state index is 3.88. The highest BCUT2D eigenvalue weighted by atomic mass is 15.1. The number of hydrogen-bond donors (Lipinski definition) is 1. The zero-order valence-corrected chi connectivity index (χ0v) is 10.3. The first kappa shape index (κ1) is 12.5. The number of hydrogen-bond acceptors (Lipinski definition) is 2. The standard InChI is InChI=1S/C14H20N2/c1-5-12(11-16(3)4)14(15-2)13-9-7-6-8-10-13/h5-10,15H,1,11H2,2-4H3/b14-12-. The van der Waals surface area contributed by atoms with E-state index in [9.17, 15) is 0 Å². The third kappa shape index (κ3) is 3.24. The van der Waals surface area contributed by atoms with Crippen LogP contribution in [0.25, 0.3) is 5.70 Å². The zero-order chi connectivity index (χ0) is 12.0. The fourth-order valence-corrected chi connectivity index (χ4v) is 1.68. The molecule has 0 atom stereocenters. The molecule has 0 unspecified atom stereocenters. The average molecular weight is 216 g/mol. The molecule has 0 saturated heterocycles. The lowest BCUT2D eigenvalue weighted by Gasteiger charge is -2.16. The minimum Gasteiger partial charge on any atom is -0.387 e. The summed E-state index contributed by atoms with van der Waals surface area (Å²) in [5, 5.41) is 3.26. The molecule has 1 rings (SSSR count). The molecule has 0 spiro atoms. The van der Waals surface area contributed by atoms with E-state index in [0.717, 1.165) is 12.2 Å². The molecule has 0 saturated carbocycles. The Morgan fingerprint density at radius 1 is 1.31 bits per heavy atom. The topological polar surface area (TPSA) is 15.3 Å². The van der Waals surface area contributed by atoms with Gasteiger partial charge in [0, 0.05) is 19.3 Å². The van der Waals surface area contributed by atoms with Gasteiger partial charge in [0.1, 0.15) is 0 Å². The molecule has 16 heavy (non-hydrogen) atoms. The summed E-state index contributed by atoms with van der Waals surface area (Å²) < 4.78 is 0. The fraction of sp³-hybridized carbons (Fsp3) is 0.286. The van der Waals surface area contributed by atoms with Gasteiger partial charge in [-0.25, -0.2) is 0 Å². The molecule has 0 aromatic heterocycles. The Morgan fingerprint density at radius 3 is 2.38 bits per heavy atom. The minimum absolute atomic E-state index is 0.883. The Kier molecular flexibility index (Phi) is 4.80. The van der Waals surface area contributed by atoms with Crippen molar-refractivity contribution >= 4 is 5.70 Å². The summed E-state index contributed by atoms with van der Waals surface area (Å²) in [5.74, 6) is 0. The van der Waals surface area contributed by atoms with Gasteiger partial charge in [0.05, 0.1) is 0 Å².